The van der Waals surface area contributed by atoms with E-state index in [9.17, 15) is 4.79 Å². The van der Waals surface area contributed by atoms with Crippen LogP contribution in [-0.4, -0.2) is 23.8 Å². The van der Waals surface area contributed by atoms with Crippen molar-refractivity contribution in [1.82, 2.24) is 9.55 Å². The second-order valence-electron chi connectivity index (χ2n) is 6.84. The number of aromatic nitrogens is 2. The summed E-state index contributed by atoms with van der Waals surface area (Å²) < 4.78 is 12.1. The minimum absolute atomic E-state index is 0.0614. The Hall–Kier alpha value is -3.28. The van der Waals surface area contributed by atoms with E-state index < -0.39 is 0 Å². The summed E-state index contributed by atoms with van der Waals surface area (Å²) in [5.74, 6) is 1.78. The van der Waals surface area contributed by atoms with Crippen molar-refractivity contribution < 1.29 is 9.47 Å². The smallest absolute Gasteiger partial charge is 0.254 e. The highest BCUT2D eigenvalue weighted by molar-refractivity contribution is 5.68. The Morgan fingerprint density at radius 2 is 1.71 bits per heavy atom. The quantitative estimate of drug-likeness (QED) is 0.710. The summed E-state index contributed by atoms with van der Waals surface area (Å²) in [5.41, 5.74) is 9.62. The number of rotatable bonds is 6. The maximum Gasteiger partial charge on any atom is 0.254 e. The largest absolute Gasteiger partial charge is 0.497 e. The molecular weight excluding hydrogens is 354 g/mol. The molecule has 0 spiro atoms. The summed E-state index contributed by atoms with van der Waals surface area (Å²) in [4.78, 5) is 16.4. The van der Waals surface area contributed by atoms with E-state index >= 15 is 0 Å². The Kier molecular flexibility index (Phi) is 5.68. The highest BCUT2D eigenvalue weighted by Crippen LogP contribution is 2.31. The van der Waals surface area contributed by atoms with Gasteiger partial charge >= 0.3 is 0 Å². The van der Waals surface area contributed by atoms with Gasteiger partial charge < -0.3 is 15.2 Å². The summed E-state index contributed by atoms with van der Waals surface area (Å²) in [7, 11) is 4.89. The van der Waals surface area contributed by atoms with Gasteiger partial charge in [-0.25, -0.2) is 4.98 Å². The molecule has 3 aromatic rings. The molecule has 1 unspecified atom stereocenters. The molecule has 1 heterocycles. The average molecular weight is 379 g/mol. The predicted molar refractivity (Wildman–Crippen MR) is 111 cm³/mol. The van der Waals surface area contributed by atoms with Gasteiger partial charge in [0.15, 0.2) is 0 Å². The van der Waals surface area contributed by atoms with Gasteiger partial charge in [0, 0.05) is 25.1 Å². The number of hydrogen-bond donors (Lipinski definition) is 1. The van der Waals surface area contributed by atoms with Gasteiger partial charge in [-0.2, -0.15) is 0 Å². The van der Waals surface area contributed by atoms with Gasteiger partial charge in [0.25, 0.3) is 5.56 Å². The number of methoxy groups -OCH3 is 2. The lowest BCUT2D eigenvalue weighted by Crippen LogP contribution is -2.22. The number of nitrogen functional groups attached to an aromatic ring is 1. The molecule has 0 saturated carbocycles. The lowest BCUT2D eigenvalue weighted by molar-refractivity contribution is 0.394. The highest BCUT2D eigenvalue weighted by Gasteiger charge is 2.12. The van der Waals surface area contributed by atoms with Crippen molar-refractivity contribution in [3.63, 3.8) is 0 Å². The number of benzene rings is 2. The van der Waals surface area contributed by atoms with Crippen LogP contribution in [0.15, 0.2) is 53.3 Å². The molecule has 0 radical (unpaired) electrons. The van der Waals surface area contributed by atoms with Crippen molar-refractivity contribution in [1.29, 1.82) is 0 Å². The van der Waals surface area contributed by atoms with Crippen LogP contribution in [0.2, 0.25) is 0 Å². The summed E-state index contributed by atoms with van der Waals surface area (Å²) in [6.07, 6.45) is 0.745. The molecule has 1 aromatic heterocycles. The van der Waals surface area contributed by atoms with Crippen molar-refractivity contribution in [3.8, 4) is 22.6 Å². The lowest BCUT2D eigenvalue weighted by Gasteiger charge is -2.14. The summed E-state index contributed by atoms with van der Waals surface area (Å²) in [6.45, 7) is 2.04. The Morgan fingerprint density at radius 3 is 2.32 bits per heavy atom. The van der Waals surface area contributed by atoms with Crippen molar-refractivity contribution in [3.05, 3.63) is 70.1 Å². The predicted octanol–water partition coefficient (Wildman–Crippen LogP) is 3.39. The Labute approximate surface area is 164 Å². The van der Waals surface area contributed by atoms with E-state index in [1.807, 2.05) is 31.2 Å². The van der Waals surface area contributed by atoms with Gasteiger partial charge in [-0.1, -0.05) is 31.2 Å². The van der Waals surface area contributed by atoms with E-state index in [4.69, 9.17) is 15.2 Å². The van der Waals surface area contributed by atoms with Crippen LogP contribution in [0.1, 0.15) is 24.1 Å². The second kappa shape index (κ2) is 8.17. The normalized spacial score (nSPS) is 11.9. The van der Waals surface area contributed by atoms with E-state index in [-0.39, 0.29) is 17.4 Å². The molecule has 2 N–H and O–H groups in total. The Balaban J connectivity index is 1.89. The van der Waals surface area contributed by atoms with Gasteiger partial charge in [-0.3, -0.25) is 9.36 Å². The third-order valence-corrected chi connectivity index (χ3v) is 4.85. The highest BCUT2D eigenvalue weighted by atomic mass is 16.5. The second-order valence-corrected chi connectivity index (χ2v) is 6.84. The van der Waals surface area contributed by atoms with E-state index in [1.54, 1.807) is 27.3 Å². The molecule has 0 aliphatic rings. The molecule has 0 saturated heterocycles. The van der Waals surface area contributed by atoms with E-state index in [0.717, 1.165) is 34.6 Å². The number of anilines is 1. The molecular formula is C22H25N3O3. The SMILES string of the molecule is COc1cc(OC)cc(-c2cccc(CC(C)c3cc(=O)n(C)c(N)n3)c2)c1. The zero-order valence-electron chi connectivity index (χ0n) is 16.6. The van der Waals surface area contributed by atoms with Crippen molar-refractivity contribution in [2.75, 3.05) is 20.0 Å². The fourth-order valence-corrected chi connectivity index (χ4v) is 3.14. The monoisotopic (exact) mass is 379 g/mol. The first-order valence-corrected chi connectivity index (χ1v) is 9.07. The van der Waals surface area contributed by atoms with E-state index in [1.165, 1.54) is 4.57 Å². The molecule has 0 aliphatic heterocycles. The standard InChI is InChI=1S/C22H25N3O3/c1-14(20-13-21(26)25(2)22(23)24-20)8-15-6-5-7-16(9-15)17-10-18(27-3)12-19(11-17)28-4/h5-7,9-14H,8H2,1-4H3,(H2,23,24). The molecule has 3 rings (SSSR count). The molecule has 1 atom stereocenters. The summed E-state index contributed by atoms with van der Waals surface area (Å²) in [6, 6.07) is 15.6. The van der Waals surface area contributed by atoms with E-state index in [2.05, 4.69) is 23.2 Å². The van der Waals surface area contributed by atoms with Crippen molar-refractivity contribution in [2.45, 2.75) is 19.3 Å². The van der Waals surface area contributed by atoms with E-state index in [0.29, 0.717) is 5.69 Å². The molecule has 0 bridgehead atoms. The lowest BCUT2D eigenvalue weighted by atomic mass is 9.95. The average Bonchev–Trinajstić information content (AvgIpc) is 2.71. The summed E-state index contributed by atoms with van der Waals surface area (Å²) in [5, 5.41) is 0. The van der Waals surface area contributed by atoms with Crippen LogP contribution in [-0.2, 0) is 13.5 Å². The molecule has 6 nitrogen and oxygen atoms in total. The fourth-order valence-electron chi connectivity index (χ4n) is 3.14. The van der Waals surface area contributed by atoms with Crippen LogP contribution in [0.4, 0.5) is 5.95 Å². The first-order chi connectivity index (χ1) is 13.4. The van der Waals surface area contributed by atoms with Gasteiger partial charge in [-0.05, 0) is 35.2 Å². The molecule has 2 aromatic carbocycles. The zero-order chi connectivity index (χ0) is 20.3. The van der Waals surface area contributed by atoms with Gasteiger partial charge in [-0.15, -0.1) is 0 Å². The first-order valence-electron chi connectivity index (χ1n) is 9.07. The topological polar surface area (TPSA) is 79.4 Å². The Morgan fingerprint density at radius 1 is 1.04 bits per heavy atom. The molecule has 28 heavy (non-hydrogen) atoms. The van der Waals surface area contributed by atoms with Crippen LogP contribution in [0, 0.1) is 0 Å². The van der Waals surface area contributed by atoms with Gasteiger partial charge in [0.1, 0.15) is 11.5 Å². The maximum atomic E-state index is 12.0. The summed E-state index contributed by atoms with van der Waals surface area (Å²) >= 11 is 0. The number of ether oxygens (including phenoxy) is 2. The molecule has 0 amide bonds. The molecule has 146 valence electrons. The third kappa shape index (κ3) is 4.17. The van der Waals surface area contributed by atoms with Gasteiger partial charge in [0.05, 0.1) is 19.9 Å². The number of hydrogen-bond acceptors (Lipinski definition) is 5. The minimum atomic E-state index is -0.147. The minimum Gasteiger partial charge on any atom is -0.497 e. The molecule has 0 fully saturated rings. The Bertz CT molecular complexity index is 1020. The van der Waals surface area contributed by atoms with Crippen LogP contribution in [0.25, 0.3) is 11.1 Å². The number of nitrogens with two attached hydrogens (primary N) is 1. The zero-order valence-corrected chi connectivity index (χ0v) is 16.6. The van der Waals surface area contributed by atoms with Crippen LogP contribution >= 0.6 is 0 Å². The molecule has 6 heteroatoms. The van der Waals surface area contributed by atoms with Crippen molar-refractivity contribution >= 4 is 5.95 Å². The van der Waals surface area contributed by atoms with Crippen LogP contribution in [0.3, 0.4) is 0 Å². The van der Waals surface area contributed by atoms with Crippen LogP contribution < -0.4 is 20.8 Å². The van der Waals surface area contributed by atoms with Crippen molar-refractivity contribution in [2.24, 2.45) is 7.05 Å². The first kappa shape index (κ1) is 19.5. The molecule has 0 aliphatic carbocycles. The fraction of sp³-hybridized carbons (Fsp3) is 0.273. The number of nitrogens with zero attached hydrogens (tertiary/aromatic N) is 2. The van der Waals surface area contributed by atoms with Gasteiger partial charge in [0.2, 0.25) is 5.95 Å². The van der Waals surface area contributed by atoms with Crippen LogP contribution in [0.5, 0.6) is 11.5 Å². The maximum absolute atomic E-state index is 12.0. The third-order valence-electron chi connectivity index (χ3n) is 4.85.